The number of hydrogen-bond acceptors (Lipinski definition) is 4. The Bertz CT molecular complexity index is 537. The van der Waals surface area contributed by atoms with Gasteiger partial charge in [0.2, 0.25) is 0 Å². The van der Waals surface area contributed by atoms with E-state index in [-0.39, 0.29) is 11.8 Å². The van der Waals surface area contributed by atoms with Crippen LogP contribution < -0.4 is 5.73 Å². The number of nitrogens with two attached hydrogens (primary N) is 1. The Morgan fingerprint density at radius 3 is 2.38 bits per heavy atom. The number of hydrogen-bond donors (Lipinski definition) is 1. The molecule has 112 valence electrons. The van der Waals surface area contributed by atoms with Crippen molar-refractivity contribution in [3.63, 3.8) is 0 Å². The summed E-state index contributed by atoms with van der Waals surface area (Å²) in [6.07, 6.45) is 1.06. The van der Waals surface area contributed by atoms with Crippen LogP contribution in [0, 0.1) is 11.8 Å². The van der Waals surface area contributed by atoms with E-state index in [0.29, 0.717) is 36.2 Å². The second-order valence-electron chi connectivity index (χ2n) is 6.06. The minimum atomic E-state index is -0.182. The number of carbonyl (C=O) groups is 2. The van der Waals surface area contributed by atoms with E-state index in [0.717, 1.165) is 19.5 Å². The number of carbonyl (C=O) groups excluding carboxylic acids is 2. The highest BCUT2D eigenvalue weighted by Gasteiger charge is 2.37. The Balaban J connectivity index is 1.72. The van der Waals surface area contributed by atoms with Crippen LogP contribution in [0.4, 0.5) is 0 Å². The maximum Gasteiger partial charge on any atom is 0.262 e. The first kappa shape index (κ1) is 14.2. The van der Waals surface area contributed by atoms with Crippen LogP contribution in [0.2, 0.25) is 0 Å². The number of benzene rings is 1. The summed E-state index contributed by atoms with van der Waals surface area (Å²) in [7, 11) is 0. The van der Waals surface area contributed by atoms with Crippen molar-refractivity contribution >= 4 is 11.8 Å². The molecule has 0 saturated carbocycles. The average Bonchev–Trinajstić information content (AvgIpc) is 2.74. The van der Waals surface area contributed by atoms with Crippen LogP contribution in [0.25, 0.3) is 0 Å². The molecule has 3 rings (SSSR count). The summed E-state index contributed by atoms with van der Waals surface area (Å²) in [5.74, 6) is 0.680. The van der Waals surface area contributed by atoms with E-state index < -0.39 is 0 Å². The summed E-state index contributed by atoms with van der Waals surface area (Å²) >= 11 is 0. The van der Waals surface area contributed by atoms with Gasteiger partial charge in [0.25, 0.3) is 11.8 Å². The van der Waals surface area contributed by atoms with Gasteiger partial charge in [-0.1, -0.05) is 19.1 Å². The summed E-state index contributed by atoms with van der Waals surface area (Å²) in [6, 6.07) is 7.02. The molecular formula is C16H21N3O2. The van der Waals surface area contributed by atoms with Crippen LogP contribution in [-0.4, -0.2) is 47.9 Å². The lowest BCUT2D eigenvalue weighted by molar-refractivity contribution is 0.0435. The predicted octanol–water partition coefficient (Wildman–Crippen LogP) is 1.16. The molecule has 2 heterocycles. The van der Waals surface area contributed by atoms with Gasteiger partial charge in [0.15, 0.2) is 0 Å². The highest BCUT2D eigenvalue weighted by atomic mass is 16.2. The van der Waals surface area contributed by atoms with Crippen molar-refractivity contribution in [3.05, 3.63) is 35.4 Å². The number of nitrogens with zero attached hydrogens (tertiary/aromatic N) is 2. The molecule has 5 heteroatoms. The smallest absolute Gasteiger partial charge is 0.262 e. The number of fused-ring (bicyclic) bond motifs is 1. The van der Waals surface area contributed by atoms with Crippen molar-refractivity contribution in [3.8, 4) is 0 Å². The monoisotopic (exact) mass is 287 g/mol. The molecule has 0 bridgehead atoms. The van der Waals surface area contributed by atoms with E-state index in [9.17, 15) is 9.59 Å². The Morgan fingerprint density at radius 2 is 1.81 bits per heavy atom. The van der Waals surface area contributed by atoms with E-state index in [1.807, 2.05) is 0 Å². The summed E-state index contributed by atoms with van der Waals surface area (Å²) in [5.41, 5.74) is 6.85. The topological polar surface area (TPSA) is 66.6 Å². The zero-order valence-electron chi connectivity index (χ0n) is 12.3. The van der Waals surface area contributed by atoms with Crippen molar-refractivity contribution in [1.29, 1.82) is 0 Å². The number of likely N-dealkylation sites (tertiary alicyclic amines) is 1. The second kappa shape index (κ2) is 5.58. The molecule has 2 N–H and O–H groups in total. The molecule has 0 spiro atoms. The van der Waals surface area contributed by atoms with Crippen molar-refractivity contribution in [2.75, 3.05) is 26.3 Å². The van der Waals surface area contributed by atoms with Gasteiger partial charge in [-0.2, -0.15) is 0 Å². The molecule has 2 unspecified atom stereocenters. The van der Waals surface area contributed by atoms with Crippen LogP contribution in [0.5, 0.6) is 0 Å². The quantitative estimate of drug-likeness (QED) is 0.847. The minimum Gasteiger partial charge on any atom is -0.330 e. The molecule has 2 aliphatic rings. The molecule has 0 aromatic heterocycles. The van der Waals surface area contributed by atoms with Gasteiger partial charge in [0.1, 0.15) is 0 Å². The molecule has 5 nitrogen and oxygen atoms in total. The molecule has 1 fully saturated rings. The molecule has 1 aromatic rings. The third-order valence-corrected chi connectivity index (χ3v) is 4.72. The lowest BCUT2D eigenvalue weighted by Gasteiger charge is -2.37. The van der Waals surface area contributed by atoms with Crippen LogP contribution in [0.1, 0.15) is 34.1 Å². The first-order chi connectivity index (χ1) is 10.1. The number of rotatable bonds is 3. The molecule has 0 aliphatic carbocycles. The van der Waals surface area contributed by atoms with Gasteiger partial charge < -0.3 is 5.73 Å². The number of piperidine rings is 1. The fourth-order valence-electron chi connectivity index (χ4n) is 3.23. The van der Waals surface area contributed by atoms with Crippen molar-refractivity contribution < 1.29 is 9.59 Å². The van der Waals surface area contributed by atoms with E-state index >= 15 is 0 Å². The third kappa shape index (κ3) is 2.47. The van der Waals surface area contributed by atoms with Gasteiger partial charge in [-0.15, -0.1) is 0 Å². The minimum absolute atomic E-state index is 0.182. The van der Waals surface area contributed by atoms with Gasteiger partial charge in [0.05, 0.1) is 17.8 Å². The summed E-state index contributed by atoms with van der Waals surface area (Å²) < 4.78 is 0. The molecular weight excluding hydrogens is 266 g/mol. The van der Waals surface area contributed by atoms with Crippen LogP contribution >= 0.6 is 0 Å². The van der Waals surface area contributed by atoms with Crippen molar-refractivity contribution in [1.82, 2.24) is 9.80 Å². The Labute approximate surface area is 124 Å². The maximum atomic E-state index is 12.3. The number of amides is 2. The predicted molar refractivity (Wildman–Crippen MR) is 79.7 cm³/mol. The average molecular weight is 287 g/mol. The lowest BCUT2D eigenvalue weighted by Crippen LogP contribution is -2.48. The van der Waals surface area contributed by atoms with Crippen LogP contribution in [-0.2, 0) is 0 Å². The first-order valence-electron chi connectivity index (χ1n) is 7.49. The molecule has 2 aliphatic heterocycles. The summed E-state index contributed by atoms with van der Waals surface area (Å²) in [5, 5.41) is 0. The van der Waals surface area contributed by atoms with E-state index in [1.165, 1.54) is 4.90 Å². The second-order valence-corrected chi connectivity index (χ2v) is 6.06. The zero-order valence-corrected chi connectivity index (χ0v) is 12.3. The molecule has 2 amide bonds. The molecule has 21 heavy (non-hydrogen) atoms. The lowest BCUT2D eigenvalue weighted by atomic mass is 9.87. The van der Waals surface area contributed by atoms with Crippen molar-refractivity contribution in [2.45, 2.75) is 13.3 Å². The fourth-order valence-corrected chi connectivity index (χ4v) is 3.23. The maximum absolute atomic E-state index is 12.3. The Hall–Kier alpha value is -1.72. The Morgan fingerprint density at radius 1 is 1.19 bits per heavy atom. The SMILES string of the molecule is CC1CCN(CN2C(=O)c3ccccc3C2=O)CC1CN. The van der Waals surface area contributed by atoms with E-state index in [4.69, 9.17) is 5.73 Å². The molecule has 0 radical (unpaired) electrons. The van der Waals surface area contributed by atoms with Crippen LogP contribution in [0.3, 0.4) is 0 Å². The van der Waals surface area contributed by atoms with Gasteiger partial charge >= 0.3 is 0 Å². The highest BCUT2D eigenvalue weighted by molar-refractivity contribution is 6.21. The van der Waals surface area contributed by atoms with Gasteiger partial charge in [-0.25, -0.2) is 0 Å². The normalized spacial score (nSPS) is 26.3. The van der Waals surface area contributed by atoms with Gasteiger partial charge in [-0.05, 0) is 36.9 Å². The third-order valence-electron chi connectivity index (χ3n) is 4.72. The number of imide groups is 1. The summed E-state index contributed by atoms with van der Waals surface area (Å²) in [6.45, 7) is 5.00. The van der Waals surface area contributed by atoms with Gasteiger partial charge in [-0.3, -0.25) is 19.4 Å². The fraction of sp³-hybridized carbons (Fsp3) is 0.500. The van der Waals surface area contributed by atoms with E-state index in [1.54, 1.807) is 24.3 Å². The first-order valence-corrected chi connectivity index (χ1v) is 7.49. The molecule has 2 atom stereocenters. The van der Waals surface area contributed by atoms with Crippen LogP contribution in [0.15, 0.2) is 24.3 Å². The van der Waals surface area contributed by atoms with Crippen molar-refractivity contribution in [2.24, 2.45) is 17.6 Å². The standard InChI is InChI=1S/C16H21N3O2/c1-11-6-7-18(9-12(11)8-17)10-19-15(20)13-4-2-3-5-14(13)16(19)21/h2-5,11-12H,6-10,17H2,1H3. The van der Waals surface area contributed by atoms with E-state index in [2.05, 4.69) is 11.8 Å². The summed E-state index contributed by atoms with van der Waals surface area (Å²) in [4.78, 5) is 28.2. The highest BCUT2D eigenvalue weighted by Crippen LogP contribution is 2.26. The molecule has 1 aromatic carbocycles. The largest absolute Gasteiger partial charge is 0.330 e. The zero-order chi connectivity index (χ0) is 15.0. The Kier molecular flexibility index (Phi) is 3.78. The van der Waals surface area contributed by atoms with Gasteiger partial charge in [0, 0.05) is 13.1 Å². The molecule has 1 saturated heterocycles.